The number of hydrogen-bond acceptors (Lipinski definition) is 6. The first kappa shape index (κ1) is 17.1. The van der Waals surface area contributed by atoms with Crippen LogP contribution in [0.15, 0.2) is 66.1 Å². The van der Waals surface area contributed by atoms with E-state index in [2.05, 4.69) is 5.16 Å². The minimum atomic E-state index is -0.656. The second kappa shape index (κ2) is 7.51. The summed E-state index contributed by atoms with van der Waals surface area (Å²) in [7, 11) is 1.54. The van der Waals surface area contributed by atoms with Gasteiger partial charge in [0.25, 0.3) is 0 Å². The van der Waals surface area contributed by atoms with Crippen molar-refractivity contribution < 1.29 is 23.5 Å². The average Bonchev–Trinajstić information content (AvgIpc) is 2.73. The van der Waals surface area contributed by atoms with Crippen molar-refractivity contribution in [3.63, 3.8) is 0 Å². The number of pyridine rings is 1. The van der Waals surface area contributed by atoms with E-state index in [4.69, 9.17) is 18.9 Å². The third-order valence-electron chi connectivity index (χ3n) is 4.65. The van der Waals surface area contributed by atoms with Crippen molar-refractivity contribution in [2.45, 2.75) is 30.8 Å². The van der Waals surface area contributed by atoms with Gasteiger partial charge in [-0.2, -0.15) is 4.57 Å². The van der Waals surface area contributed by atoms with Crippen molar-refractivity contribution in [3.8, 4) is 0 Å². The maximum atomic E-state index is 11.8. The first-order valence-electron chi connectivity index (χ1n) is 8.48. The molecule has 2 fully saturated rings. The normalized spacial score (nSPS) is 33.0. The highest BCUT2D eigenvalue weighted by Crippen LogP contribution is 2.35. The zero-order valence-electron chi connectivity index (χ0n) is 14.3. The molecule has 5 unspecified atom stereocenters. The van der Waals surface area contributed by atoms with Gasteiger partial charge in [-0.05, 0) is 0 Å². The van der Waals surface area contributed by atoms with Crippen molar-refractivity contribution in [1.82, 2.24) is 0 Å². The molecule has 0 aliphatic carbocycles. The first-order valence-corrected chi connectivity index (χ1v) is 8.48. The summed E-state index contributed by atoms with van der Waals surface area (Å²) in [6.07, 6.45) is 1.41. The Kier molecular flexibility index (Phi) is 4.94. The van der Waals surface area contributed by atoms with Crippen molar-refractivity contribution in [1.29, 1.82) is 0 Å². The molecule has 7 nitrogen and oxygen atoms in total. The zero-order chi connectivity index (χ0) is 17.9. The largest absolute Gasteiger partial charge is 0.792 e. The second-order valence-electron chi connectivity index (χ2n) is 6.19. The van der Waals surface area contributed by atoms with Gasteiger partial charge < -0.3 is 29.3 Å². The van der Waals surface area contributed by atoms with E-state index in [1.54, 1.807) is 7.11 Å². The maximum Gasteiger partial charge on any atom is 0.248 e. The second-order valence-corrected chi connectivity index (χ2v) is 6.19. The fourth-order valence-electron chi connectivity index (χ4n) is 3.42. The SMILES string of the molecule is COC1OC2COC(c3ccccc3)OC2/C(=N/[O-])C1[n+]1ccccc1. The van der Waals surface area contributed by atoms with Crippen LogP contribution >= 0.6 is 0 Å². The standard InChI is InChI=1S/C19H20N2O5/c1-23-19-16(21-10-6-3-7-11-21)15(20-22)17-14(25-19)12-24-18(26-17)13-8-4-2-5-9-13/h2-11,14,16-19H,12H2,1H3/b20-15+. The Labute approximate surface area is 151 Å². The summed E-state index contributed by atoms with van der Waals surface area (Å²) in [6.45, 7) is 0.287. The van der Waals surface area contributed by atoms with Gasteiger partial charge >= 0.3 is 0 Å². The van der Waals surface area contributed by atoms with Crippen molar-refractivity contribution in [2.75, 3.05) is 13.7 Å². The van der Waals surface area contributed by atoms with E-state index in [-0.39, 0.29) is 6.61 Å². The fraction of sp³-hybridized carbons (Fsp3) is 0.368. The van der Waals surface area contributed by atoms with E-state index in [9.17, 15) is 5.21 Å². The molecule has 1 aromatic heterocycles. The van der Waals surface area contributed by atoms with Gasteiger partial charge in [0.05, 0.1) is 6.61 Å². The molecule has 0 spiro atoms. The van der Waals surface area contributed by atoms with Gasteiger partial charge in [0, 0.05) is 24.8 Å². The summed E-state index contributed by atoms with van der Waals surface area (Å²) in [6, 6.07) is 14.7. The molecular weight excluding hydrogens is 336 g/mol. The molecule has 1 aromatic carbocycles. The number of aromatic nitrogens is 1. The van der Waals surface area contributed by atoms with Crippen molar-refractivity contribution >= 4 is 5.71 Å². The van der Waals surface area contributed by atoms with E-state index in [0.29, 0.717) is 5.71 Å². The fourth-order valence-corrected chi connectivity index (χ4v) is 3.42. The van der Waals surface area contributed by atoms with E-state index >= 15 is 0 Å². The van der Waals surface area contributed by atoms with Crippen molar-refractivity contribution in [3.05, 3.63) is 71.7 Å². The molecule has 0 radical (unpaired) electrons. The molecule has 7 heteroatoms. The van der Waals surface area contributed by atoms with E-state index < -0.39 is 30.8 Å². The van der Waals surface area contributed by atoms with Crippen LogP contribution in [0.2, 0.25) is 0 Å². The van der Waals surface area contributed by atoms with Crippen LogP contribution in [0, 0.1) is 5.21 Å². The van der Waals surface area contributed by atoms with Crippen LogP contribution in [0.4, 0.5) is 0 Å². The molecule has 0 saturated carbocycles. The van der Waals surface area contributed by atoms with Crippen LogP contribution in [0.25, 0.3) is 0 Å². The van der Waals surface area contributed by atoms with Crippen molar-refractivity contribution in [2.24, 2.45) is 5.16 Å². The van der Waals surface area contributed by atoms with Crippen LogP contribution in [0.1, 0.15) is 17.9 Å². The third-order valence-corrected chi connectivity index (χ3v) is 4.65. The molecule has 4 rings (SSSR count). The summed E-state index contributed by atoms with van der Waals surface area (Å²) in [5.74, 6) is 0. The number of rotatable bonds is 3. The number of benzene rings is 1. The molecule has 2 aromatic rings. The lowest BCUT2D eigenvalue weighted by Gasteiger charge is -2.43. The molecule has 0 amide bonds. The summed E-state index contributed by atoms with van der Waals surface area (Å²) < 4.78 is 25.2. The van der Waals surface area contributed by atoms with Gasteiger partial charge in [0.2, 0.25) is 12.3 Å². The predicted molar refractivity (Wildman–Crippen MR) is 92.2 cm³/mol. The van der Waals surface area contributed by atoms with E-state index in [1.165, 1.54) is 0 Å². The molecule has 136 valence electrons. The van der Waals surface area contributed by atoms with Crippen LogP contribution in [-0.4, -0.2) is 37.9 Å². The minimum absolute atomic E-state index is 0.287. The molecule has 26 heavy (non-hydrogen) atoms. The molecule has 2 aliphatic heterocycles. The lowest BCUT2D eigenvalue weighted by atomic mass is 9.96. The molecule has 2 saturated heterocycles. The van der Waals surface area contributed by atoms with Crippen LogP contribution in [-0.2, 0) is 18.9 Å². The number of nitrogens with zero attached hydrogens (tertiary/aromatic N) is 2. The van der Waals surface area contributed by atoms with Gasteiger partial charge in [-0.3, -0.25) is 0 Å². The van der Waals surface area contributed by atoms with Gasteiger partial charge in [-0.15, -0.1) is 0 Å². The van der Waals surface area contributed by atoms with Crippen LogP contribution < -0.4 is 4.57 Å². The molecule has 5 atom stereocenters. The van der Waals surface area contributed by atoms with Gasteiger partial charge in [-0.1, -0.05) is 36.4 Å². The molecule has 0 N–H and O–H groups in total. The van der Waals surface area contributed by atoms with Gasteiger partial charge in [0.15, 0.2) is 18.7 Å². The Balaban J connectivity index is 1.65. The Morgan fingerprint density at radius 1 is 1.08 bits per heavy atom. The minimum Gasteiger partial charge on any atom is -0.792 e. The predicted octanol–water partition coefficient (Wildman–Crippen LogP) is 1.94. The average molecular weight is 356 g/mol. The van der Waals surface area contributed by atoms with E-state index in [1.807, 2.05) is 65.5 Å². The molecule has 3 heterocycles. The maximum absolute atomic E-state index is 11.8. The number of methoxy groups -OCH3 is 1. The molecule has 0 bridgehead atoms. The first-order chi connectivity index (χ1) is 12.8. The smallest absolute Gasteiger partial charge is 0.248 e. The highest BCUT2D eigenvalue weighted by atomic mass is 16.7. The number of ether oxygens (including phenoxy) is 4. The molecular formula is C19H20N2O5. The summed E-state index contributed by atoms with van der Waals surface area (Å²) >= 11 is 0. The Hall–Kier alpha value is -2.32. The van der Waals surface area contributed by atoms with Gasteiger partial charge in [-0.25, -0.2) is 0 Å². The topological polar surface area (TPSA) is 76.2 Å². The highest BCUT2D eigenvalue weighted by Gasteiger charge is 2.51. The Morgan fingerprint density at radius 2 is 1.81 bits per heavy atom. The summed E-state index contributed by atoms with van der Waals surface area (Å²) in [4.78, 5) is 0. The lowest BCUT2D eigenvalue weighted by molar-refractivity contribution is -0.724. The third kappa shape index (κ3) is 3.10. The quantitative estimate of drug-likeness (QED) is 0.620. The Morgan fingerprint density at radius 3 is 2.50 bits per heavy atom. The van der Waals surface area contributed by atoms with Crippen LogP contribution in [0.3, 0.4) is 0 Å². The van der Waals surface area contributed by atoms with E-state index in [0.717, 1.165) is 5.56 Å². The summed E-state index contributed by atoms with van der Waals surface area (Å²) in [5.41, 5.74) is 1.22. The number of fused-ring (bicyclic) bond motifs is 1. The Bertz CT molecular complexity index is 755. The lowest BCUT2D eigenvalue weighted by Crippen LogP contribution is -2.63. The van der Waals surface area contributed by atoms with Gasteiger partial charge in [0.1, 0.15) is 17.9 Å². The highest BCUT2D eigenvalue weighted by molar-refractivity contribution is 5.93. The van der Waals surface area contributed by atoms with Crippen LogP contribution in [0.5, 0.6) is 0 Å². The summed E-state index contributed by atoms with van der Waals surface area (Å²) in [5, 5.41) is 15.1. The monoisotopic (exact) mass is 356 g/mol. The molecule has 2 aliphatic rings. The zero-order valence-corrected chi connectivity index (χ0v) is 14.3. The number of hydrogen-bond donors (Lipinski definition) is 0.